The minimum Gasteiger partial charge on any atom is -0.383 e. The highest BCUT2D eigenvalue weighted by Gasteiger charge is 2.47. The lowest BCUT2D eigenvalue weighted by molar-refractivity contribution is 0.0951. The second-order valence-electron chi connectivity index (χ2n) is 6.15. The van der Waals surface area contributed by atoms with E-state index in [4.69, 9.17) is 4.74 Å². The average molecular weight is 265 g/mol. The number of nitriles is 1. The van der Waals surface area contributed by atoms with Gasteiger partial charge in [0.1, 0.15) is 5.54 Å². The number of nitrogens with one attached hydrogen (secondary N) is 1. The van der Waals surface area contributed by atoms with Crippen molar-refractivity contribution in [3.63, 3.8) is 0 Å². The highest BCUT2D eigenvalue weighted by Crippen LogP contribution is 2.41. The molecule has 4 heteroatoms. The molecule has 4 nitrogen and oxygen atoms in total. The molecule has 0 heterocycles. The van der Waals surface area contributed by atoms with Crippen LogP contribution in [0.5, 0.6) is 0 Å². The van der Waals surface area contributed by atoms with Crippen LogP contribution in [0.2, 0.25) is 0 Å². The van der Waals surface area contributed by atoms with Gasteiger partial charge in [0.25, 0.3) is 0 Å². The van der Waals surface area contributed by atoms with Crippen molar-refractivity contribution in [1.82, 2.24) is 10.2 Å². The number of hydrogen-bond donors (Lipinski definition) is 1. The molecule has 2 aliphatic carbocycles. The summed E-state index contributed by atoms with van der Waals surface area (Å²) in [5.74, 6) is 1.35. The van der Waals surface area contributed by atoms with Crippen LogP contribution in [0.25, 0.3) is 0 Å². The average Bonchev–Trinajstić information content (AvgIpc) is 3.31. The molecule has 0 aromatic carbocycles. The zero-order chi connectivity index (χ0) is 13.9. The summed E-state index contributed by atoms with van der Waals surface area (Å²) in [5, 5.41) is 12.9. The maximum absolute atomic E-state index is 9.63. The standard InChI is InChI=1S/C15H27N3O/c1-12(13-4-5-13)18(8-9-19-3)11-15(10-16,17-2)14-6-7-14/h12-14,17H,4-9,11H2,1-3H3. The first-order valence-electron chi connectivity index (χ1n) is 7.50. The Labute approximate surface area is 117 Å². The second kappa shape index (κ2) is 6.21. The van der Waals surface area contributed by atoms with Crippen molar-refractivity contribution >= 4 is 0 Å². The molecule has 19 heavy (non-hydrogen) atoms. The Kier molecular flexibility index (Phi) is 4.83. The first-order valence-corrected chi connectivity index (χ1v) is 7.50. The van der Waals surface area contributed by atoms with E-state index < -0.39 is 0 Å². The summed E-state index contributed by atoms with van der Waals surface area (Å²) in [7, 11) is 3.67. The third-order valence-corrected chi connectivity index (χ3v) is 4.84. The molecule has 0 saturated heterocycles. The van der Waals surface area contributed by atoms with E-state index >= 15 is 0 Å². The Bertz CT molecular complexity index is 333. The van der Waals surface area contributed by atoms with Crippen molar-refractivity contribution in [1.29, 1.82) is 5.26 Å². The van der Waals surface area contributed by atoms with E-state index in [1.165, 1.54) is 25.7 Å². The summed E-state index contributed by atoms with van der Waals surface area (Å²) < 4.78 is 5.24. The fraction of sp³-hybridized carbons (Fsp3) is 0.933. The molecule has 0 aromatic rings. The third kappa shape index (κ3) is 3.47. The van der Waals surface area contributed by atoms with Crippen LogP contribution in [0.1, 0.15) is 32.6 Å². The Morgan fingerprint density at radius 3 is 2.53 bits per heavy atom. The van der Waals surface area contributed by atoms with Gasteiger partial charge in [0.05, 0.1) is 12.7 Å². The highest BCUT2D eigenvalue weighted by atomic mass is 16.5. The molecule has 108 valence electrons. The van der Waals surface area contributed by atoms with Gasteiger partial charge in [-0.1, -0.05) is 0 Å². The van der Waals surface area contributed by atoms with Crippen molar-refractivity contribution in [2.45, 2.75) is 44.2 Å². The lowest BCUT2D eigenvalue weighted by Crippen LogP contribution is -2.55. The lowest BCUT2D eigenvalue weighted by Gasteiger charge is -2.37. The number of nitrogens with zero attached hydrogens (tertiary/aromatic N) is 2. The van der Waals surface area contributed by atoms with Crippen LogP contribution in [0.3, 0.4) is 0 Å². The van der Waals surface area contributed by atoms with Gasteiger partial charge in [0.15, 0.2) is 0 Å². The Morgan fingerprint density at radius 2 is 2.11 bits per heavy atom. The normalized spacial score (nSPS) is 23.9. The third-order valence-electron chi connectivity index (χ3n) is 4.84. The number of ether oxygens (including phenoxy) is 1. The first kappa shape index (κ1) is 14.8. The summed E-state index contributed by atoms with van der Waals surface area (Å²) >= 11 is 0. The van der Waals surface area contributed by atoms with Gasteiger partial charge < -0.3 is 10.1 Å². The van der Waals surface area contributed by atoms with Crippen molar-refractivity contribution in [3.8, 4) is 6.07 Å². The topological polar surface area (TPSA) is 48.3 Å². The van der Waals surface area contributed by atoms with Crippen LogP contribution in [-0.4, -0.2) is 50.3 Å². The minimum absolute atomic E-state index is 0.364. The molecule has 0 radical (unpaired) electrons. The lowest BCUT2D eigenvalue weighted by atomic mass is 9.93. The molecule has 2 atom stereocenters. The van der Waals surface area contributed by atoms with E-state index in [1.807, 2.05) is 7.05 Å². The van der Waals surface area contributed by atoms with Gasteiger partial charge in [0.2, 0.25) is 0 Å². The fourth-order valence-corrected chi connectivity index (χ4v) is 3.00. The Morgan fingerprint density at radius 1 is 1.42 bits per heavy atom. The first-order chi connectivity index (χ1) is 9.16. The Balaban J connectivity index is 2.02. The van der Waals surface area contributed by atoms with E-state index in [9.17, 15) is 5.26 Å². The molecule has 2 fully saturated rings. The summed E-state index contributed by atoms with van der Waals surface area (Å²) in [6.45, 7) is 4.79. The van der Waals surface area contributed by atoms with E-state index in [0.29, 0.717) is 12.0 Å². The van der Waals surface area contributed by atoms with Gasteiger partial charge in [0, 0.05) is 26.2 Å². The predicted octanol–water partition coefficient (Wildman–Crippen LogP) is 1.63. The molecule has 2 rings (SSSR count). The molecule has 0 aromatic heterocycles. The van der Waals surface area contributed by atoms with E-state index in [1.54, 1.807) is 7.11 Å². The maximum Gasteiger partial charge on any atom is 0.122 e. The van der Waals surface area contributed by atoms with Gasteiger partial charge in [-0.2, -0.15) is 5.26 Å². The molecular weight excluding hydrogens is 238 g/mol. The summed E-state index contributed by atoms with van der Waals surface area (Å²) in [6, 6.07) is 3.12. The van der Waals surface area contributed by atoms with Gasteiger partial charge in [-0.25, -0.2) is 0 Å². The van der Waals surface area contributed by atoms with Crippen LogP contribution in [0.4, 0.5) is 0 Å². The Hall–Kier alpha value is -0.630. The highest BCUT2D eigenvalue weighted by molar-refractivity contribution is 5.16. The largest absolute Gasteiger partial charge is 0.383 e. The van der Waals surface area contributed by atoms with Crippen LogP contribution in [0, 0.1) is 23.2 Å². The molecule has 2 saturated carbocycles. The minimum atomic E-state index is -0.364. The van der Waals surface area contributed by atoms with Gasteiger partial charge >= 0.3 is 0 Å². The van der Waals surface area contributed by atoms with Gasteiger partial charge in [-0.05, 0) is 51.5 Å². The smallest absolute Gasteiger partial charge is 0.122 e. The van der Waals surface area contributed by atoms with Crippen molar-refractivity contribution in [2.75, 3.05) is 33.9 Å². The number of rotatable bonds is 9. The zero-order valence-electron chi connectivity index (χ0n) is 12.5. The molecule has 0 amide bonds. The van der Waals surface area contributed by atoms with Crippen LogP contribution >= 0.6 is 0 Å². The van der Waals surface area contributed by atoms with Gasteiger partial charge in [-0.3, -0.25) is 4.90 Å². The van der Waals surface area contributed by atoms with Crippen LogP contribution in [0.15, 0.2) is 0 Å². The number of likely N-dealkylation sites (N-methyl/N-ethyl adjacent to an activating group) is 1. The molecule has 0 aliphatic heterocycles. The van der Waals surface area contributed by atoms with Crippen molar-refractivity contribution < 1.29 is 4.74 Å². The SMILES string of the molecule is CNC(C#N)(CN(CCOC)C(C)C1CC1)C1CC1. The monoisotopic (exact) mass is 265 g/mol. The van der Waals surface area contributed by atoms with E-state index in [2.05, 4.69) is 23.2 Å². The summed E-state index contributed by atoms with van der Waals surface area (Å²) in [6.07, 6.45) is 5.05. The van der Waals surface area contributed by atoms with Crippen molar-refractivity contribution in [3.05, 3.63) is 0 Å². The quantitative estimate of drug-likeness (QED) is 0.688. The summed E-state index contributed by atoms with van der Waals surface area (Å²) in [5.41, 5.74) is -0.364. The zero-order valence-corrected chi connectivity index (χ0v) is 12.5. The number of hydrogen-bond acceptors (Lipinski definition) is 4. The fourth-order valence-electron chi connectivity index (χ4n) is 3.00. The van der Waals surface area contributed by atoms with Crippen molar-refractivity contribution in [2.24, 2.45) is 11.8 Å². The number of methoxy groups -OCH3 is 1. The second-order valence-corrected chi connectivity index (χ2v) is 6.15. The molecule has 1 N–H and O–H groups in total. The molecule has 0 bridgehead atoms. The summed E-state index contributed by atoms with van der Waals surface area (Å²) in [4.78, 5) is 2.46. The molecule has 0 spiro atoms. The van der Waals surface area contributed by atoms with Crippen LogP contribution < -0.4 is 5.32 Å². The van der Waals surface area contributed by atoms with Gasteiger partial charge in [-0.15, -0.1) is 0 Å². The van der Waals surface area contributed by atoms with Crippen LogP contribution in [-0.2, 0) is 4.74 Å². The van der Waals surface area contributed by atoms with E-state index in [0.717, 1.165) is 25.6 Å². The van der Waals surface area contributed by atoms with E-state index in [-0.39, 0.29) is 5.54 Å². The molecular formula is C15H27N3O. The molecule has 2 aliphatic rings. The maximum atomic E-state index is 9.63. The molecule has 2 unspecified atom stereocenters. The predicted molar refractivity (Wildman–Crippen MR) is 75.8 cm³/mol.